The molecule has 1 saturated heterocycles. The number of nitrogens with zero attached hydrogens (tertiary/aromatic N) is 1. The molecule has 3 N–H and O–H groups in total. The van der Waals surface area contributed by atoms with Crippen LogP contribution in [0.5, 0.6) is 0 Å². The molecule has 100 valence electrons. The average Bonchev–Trinajstić information content (AvgIpc) is 2.63. The van der Waals surface area contributed by atoms with Gasteiger partial charge in [-0.05, 0) is 24.3 Å². The maximum Gasteiger partial charge on any atom is 0.251 e. The molecule has 3 amide bonds. The lowest BCUT2D eigenvalue weighted by Crippen LogP contribution is -2.42. The molecule has 1 aromatic rings. The maximum atomic E-state index is 12.1. The van der Waals surface area contributed by atoms with Gasteiger partial charge in [-0.15, -0.1) is 0 Å². The van der Waals surface area contributed by atoms with Crippen LogP contribution < -0.4 is 16.0 Å². The normalized spacial score (nSPS) is 19.0. The Morgan fingerprint density at radius 1 is 1.37 bits per heavy atom. The number of carbonyl (C=O) groups is 3. The van der Waals surface area contributed by atoms with E-state index in [1.807, 2.05) is 0 Å². The molecule has 0 aromatic heterocycles. The highest BCUT2D eigenvalue weighted by molar-refractivity contribution is 9.10. The summed E-state index contributed by atoms with van der Waals surface area (Å²) in [7, 11) is 0. The number of imide groups is 1. The Kier molecular flexibility index (Phi) is 3.96. The topological polar surface area (TPSA) is 92.5 Å². The fourth-order valence-corrected chi connectivity index (χ4v) is 2.14. The molecule has 1 heterocycles. The molecule has 1 fully saturated rings. The summed E-state index contributed by atoms with van der Waals surface area (Å²) in [6.45, 7) is -0.127. The van der Waals surface area contributed by atoms with Crippen LogP contribution in [0.3, 0.4) is 0 Å². The summed E-state index contributed by atoms with van der Waals surface area (Å²) in [6, 6.07) is 6.16. The molecule has 0 radical (unpaired) electrons. The summed E-state index contributed by atoms with van der Waals surface area (Å²) in [5.41, 5.74) is 5.51. The van der Waals surface area contributed by atoms with Gasteiger partial charge in [-0.1, -0.05) is 15.9 Å². The minimum atomic E-state index is -0.691. The van der Waals surface area contributed by atoms with Gasteiger partial charge in [0.05, 0.1) is 24.7 Å². The summed E-state index contributed by atoms with van der Waals surface area (Å²) in [6.07, 6.45) is 0.0299. The number of nitrogens with two attached hydrogens (primary N) is 1. The van der Waals surface area contributed by atoms with Crippen LogP contribution in [0.15, 0.2) is 28.7 Å². The molecule has 0 unspecified atom stereocenters. The molecule has 0 bridgehead atoms. The summed E-state index contributed by atoms with van der Waals surface area (Å²) in [5, 5.41) is 2.68. The van der Waals surface area contributed by atoms with E-state index in [2.05, 4.69) is 21.2 Å². The van der Waals surface area contributed by atoms with Crippen molar-refractivity contribution >= 4 is 39.3 Å². The van der Waals surface area contributed by atoms with E-state index in [0.29, 0.717) is 5.69 Å². The lowest BCUT2D eigenvalue weighted by atomic mass is 10.2. The van der Waals surface area contributed by atoms with E-state index in [4.69, 9.17) is 5.73 Å². The Labute approximate surface area is 118 Å². The van der Waals surface area contributed by atoms with Crippen LogP contribution in [-0.4, -0.2) is 30.3 Å². The second-order valence-corrected chi connectivity index (χ2v) is 5.06. The highest BCUT2D eigenvalue weighted by Gasteiger charge is 2.39. The molecule has 19 heavy (non-hydrogen) atoms. The SMILES string of the molecule is NC(=O)CN[C@@H]1CC(=O)N(c2ccc(Br)cc2)C1=O. The van der Waals surface area contributed by atoms with E-state index in [0.717, 1.165) is 9.37 Å². The minimum Gasteiger partial charge on any atom is -0.369 e. The highest BCUT2D eigenvalue weighted by atomic mass is 79.9. The number of benzene rings is 1. The van der Waals surface area contributed by atoms with E-state index in [9.17, 15) is 14.4 Å². The molecule has 2 rings (SSSR count). The fraction of sp³-hybridized carbons (Fsp3) is 0.250. The standard InChI is InChI=1S/C12H12BrN3O3/c13-7-1-3-8(4-2-7)16-11(18)5-9(12(16)19)15-6-10(14)17/h1-4,9,15H,5-6H2,(H2,14,17)/t9-/m1/s1. The number of hydrogen-bond donors (Lipinski definition) is 2. The van der Waals surface area contributed by atoms with Gasteiger partial charge in [-0.25, -0.2) is 4.90 Å². The molecular formula is C12H12BrN3O3. The Hall–Kier alpha value is -1.73. The third-order valence-electron chi connectivity index (χ3n) is 2.75. The molecule has 0 spiro atoms. The number of anilines is 1. The predicted octanol–water partition coefficient (Wildman–Crippen LogP) is 0.156. The molecule has 0 aliphatic carbocycles. The number of carbonyl (C=O) groups excluding carboxylic acids is 3. The molecule has 7 heteroatoms. The van der Waals surface area contributed by atoms with E-state index in [1.165, 1.54) is 0 Å². The van der Waals surface area contributed by atoms with Gasteiger partial charge < -0.3 is 5.73 Å². The zero-order chi connectivity index (χ0) is 14.0. The monoisotopic (exact) mass is 325 g/mol. The van der Waals surface area contributed by atoms with Crippen LogP contribution in [0.4, 0.5) is 5.69 Å². The second kappa shape index (κ2) is 5.50. The first-order valence-corrected chi connectivity index (χ1v) is 6.42. The van der Waals surface area contributed by atoms with Gasteiger partial charge in [0.25, 0.3) is 5.91 Å². The van der Waals surface area contributed by atoms with Crippen LogP contribution in [0.25, 0.3) is 0 Å². The lowest BCUT2D eigenvalue weighted by molar-refractivity contribution is -0.121. The van der Waals surface area contributed by atoms with E-state index in [-0.39, 0.29) is 24.8 Å². The Balaban J connectivity index is 2.14. The van der Waals surface area contributed by atoms with Crippen molar-refractivity contribution < 1.29 is 14.4 Å². The zero-order valence-corrected chi connectivity index (χ0v) is 11.5. The third-order valence-corrected chi connectivity index (χ3v) is 3.28. The van der Waals surface area contributed by atoms with Crippen molar-refractivity contribution in [1.82, 2.24) is 5.32 Å². The van der Waals surface area contributed by atoms with Gasteiger partial charge >= 0.3 is 0 Å². The number of primary amides is 1. The largest absolute Gasteiger partial charge is 0.369 e. The quantitative estimate of drug-likeness (QED) is 0.771. The second-order valence-electron chi connectivity index (χ2n) is 4.15. The summed E-state index contributed by atoms with van der Waals surface area (Å²) >= 11 is 3.28. The summed E-state index contributed by atoms with van der Waals surface area (Å²) in [4.78, 5) is 35.7. The van der Waals surface area contributed by atoms with Gasteiger partial charge in [-0.3, -0.25) is 19.7 Å². The molecule has 1 atom stereocenters. The Morgan fingerprint density at radius 2 is 2.00 bits per heavy atom. The van der Waals surface area contributed by atoms with Crippen LogP contribution in [0.1, 0.15) is 6.42 Å². The number of rotatable bonds is 4. The highest BCUT2D eigenvalue weighted by Crippen LogP contribution is 2.24. The average molecular weight is 326 g/mol. The number of hydrogen-bond acceptors (Lipinski definition) is 4. The Morgan fingerprint density at radius 3 is 2.58 bits per heavy atom. The van der Waals surface area contributed by atoms with Crippen molar-refractivity contribution in [3.8, 4) is 0 Å². The van der Waals surface area contributed by atoms with Gasteiger partial charge in [0.1, 0.15) is 0 Å². The fourth-order valence-electron chi connectivity index (χ4n) is 1.88. The molecule has 1 aliphatic rings. The van der Waals surface area contributed by atoms with Crippen LogP contribution in [0.2, 0.25) is 0 Å². The minimum absolute atomic E-state index is 0.0299. The van der Waals surface area contributed by atoms with Crippen molar-refractivity contribution in [1.29, 1.82) is 0 Å². The van der Waals surface area contributed by atoms with Crippen molar-refractivity contribution in [3.63, 3.8) is 0 Å². The zero-order valence-electron chi connectivity index (χ0n) is 9.93. The van der Waals surface area contributed by atoms with Gasteiger partial charge in [0.15, 0.2) is 0 Å². The van der Waals surface area contributed by atoms with Gasteiger partial charge in [0.2, 0.25) is 11.8 Å². The van der Waals surface area contributed by atoms with Crippen LogP contribution in [-0.2, 0) is 14.4 Å². The molecule has 0 saturated carbocycles. The summed E-state index contributed by atoms with van der Waals surface area (Å²) in [5.74, 6) is -1.23. The van der Waals surface area contributed by atoms with Crippen molar-refractivity contribution in [3.05, 3.63) is 28.7 Å². The molecule has 6 nitrogen and oxygen atoms in total. The van der Waals surface area contributed by atoms with E-state index >= 15 is 0 Å². The predicted molar refractivity (Wildman–Crippen MR) is 72.2 cm³/mol. The number of amides is 3. The lowest BCUT2D eigenvalue weighted by Gasteiger charge is -2.15. The first kappa shape index (κ1) is 13.7. The first-order valence-electron chi connectivity index (χ1n) is 5.63. The van der Waals surface area contributed by atoms with Crippen LogP contribution >= 0.6 is 15.9 Å². The Bertz CT molecular complexity index is 530. The van der Waals surface area contributed by atoms with E-state index in [1.54, 1.807) is 24.3 Å². The number of halogens is 1. The summed E-state index contributed by atoms with van der Waals surface area (Å²) < 4.78 is 0.860. The molecular weight excluding hydrogens is 314 g/mol. The van der Waals surface area contributed by atoms with Crippen molar-refractivity contribution in [2.75, 3.05) is 11.4 Å². The van der Waals surface area contributed by atoms with E-state index < -0.39 is 11.9 Å². The maximum absolute atomic E-state index is 12.1. The van der Waals surface area contributed by atoms with Crippen LogP contribution in [0, 0.1) is 0 Å². The van der Waals surface area contributed by atoms with Crippen molar-refractivity contribution in [2.45, 2.75) is 12.5 Å². The van der Waals surface area contributed by atoms with Crippen molar-refractivity contribution in [2.24, 2.45) is 5.73 Å². The smallest absolute Gasteiger partial charge is 0.251 e. The van der Waals surface area contributed by atoms with Gasteiger partial charge in [0, 0.05) is 4.47 Å². The third kappa shape index (κ3) is 2.99. The molecule has 1 aromatic carbocycles. The van der Waals surface area contributed by atoms with Gasteiger partial charge in [-0.2, -0.15) is 0 Å². The first-order chi connectivity index (χ1) is 8.99. The number of nitrogens with one attached hydrogen (secondary N) is 1. The molecule has 1 aliphatic heterocycles.